The summed E-state index contributed by atoms with van der Waals surface area (Å²) in [6, 6.07) is 17.2. The number of hydrogen-bond acceptors (Lipinski definition) is 1. The van der Waals surface area contributed by atoms with Crippen LogP contribution in [0.3, 0.4) is 0 Å². The fraction of sp³-hybridized carbons (Fsp3) is 0.368. The monoisotopic (exact) mass is 266 g/mol. The van der Waals surface area contributed by atoms with Crippen LogP contribution in [0.5, 0.6) is 0 Å². The Hall–Kier alpha value is -1.60. The van der Waals surface area contributed by atoms with Gasteiger partial charge in [-0.2, -0.15) is 0 Å². The number of rotatable bonds is 4. The molecule has 1 aliphatic carbocycles. The van der Waals surface area contributed by atoms with E-state index in [9.17, 15) is 5.11 Å². The molecule has 1 atom stereocenters. The lowest BCUT2D eigenvalue weighted by atomic mass is 9.93. The summed E-state index contributed by atoms with van der Waals surface area (Å²) >= 11 is 0. The lowest BCUT2D eigenvalue weighted by molar-refractivity contribution is 0.113. The number of aliphatic hydroxyl groups is 1. The highest BCUT2D eigenvalue weighted by Crippen LogP contribution is 2.29. The zero-order chi connectivity index (χ0) is 13.9. The third-order valence-electron chi connectivity index (χ3n) is 4.50. The van der Waals surface area contributed by atoms with Crippen LogP contribution in [-0.2, 0) is 25.7 Å². The van der Waals surface area contributed by atoms with Crippen LogP contribution in [0.4, 0.5) is 0 Å². The molecule has 2 aromatic carbocycles. The van der Waals surface area contributed by atoms with Gasteiger partial charge in [-0.3, -0.25) is 0 Å². The smallest absolute Gasteiger partial charge is 0.0615 e. The van der Waals surface area contributed by atoms with E-state index in [-0.39, 0.29) is 6.10 Å². The Bertz CT molecular complexity index is 546. The second-order valence-electron chi connectivity index (χ2n) is 5.88. The minimum Gasteiger partial charge on any atom is -0.392 e. The topological polar surface area (TPSA) is 20.2 Å². The second-order valence-corrected chi connectivity index (χ2v) is 5.88. The van der Waals surface area contributed by atoms with E-state index < -0.39 is 0 Å². The molecular weight excluding hydrogens is 244 g/mol. The van der Waals surface area contributed by atoms with Crippen LogP contribution >= 0.6 is 0 Å². The molecule has 0 aliphatic heterocycles. The highest BCUT2D eigenvalue weighted by Gasteiger charge is 2.27. The van der Waals surface area contributed by atoms with Gasteiger partial charge in [0.15, 0.2) is 0 Å². The first-order valence-corrected chi connectivity index (χ1v) is 7.59. The van der Waals surface area contributed by atoms with Crippen molar-refractivity contribution in [1.29, 1.82) is 0 Å². The first-order valence-electron chi connectivity index (χ1n) is 7.59. The Morgan fingerprint density at radius 2 is 1.50 bits per heavy atom. The molecule has 1 nitrogen and oxygen atoms in total. The third kappa shape index (κ3) is 2.78. The SMILES string of the molecule is CCc1ccc(CC(O)C2Cc3ccccc3C2)cc1. The molecule has 0 saturated carbocycles. The maximum absolute atomic E-state index is 10.5. The van der Waals surface area contributed by atoms with Crippen LogP contribution in [0, 0.1) is 5.92 Å². The first kappa shape index (κ1) is 13.4. The van der Waals surface area contributed by atoms with E-state index in [4.69, 9.17) is 0 Å². The van der Waals surface area contributed by atoms with E-state index in [1.807, 2.05) is 0 Å². The molecule has 0 bridgehead atoms. The summed E-state index contributed by atoms with van der Waals surface area (Å²) in [7, 11) is 0. The van der Waals surface area contributed by atoms with Crippen LogP contribution in [-0.4, -0.2) is 11.2 Å². The van der Waals surface area contributed by atoms with Gasteiger partial charge in [-0.1, -0.05) is 55.5 Å². The summed E-state index contributed by atoms with van der Waals surface area (Å²) in [5.41, 5.74) is 5.43. The molecule has 0 saturated heterocycles. The largest absolute Gasteiger partial charge is 0.392 e. The van der Waals surface area contributed by atoms with Gasteiger partial charge in [0, 0.05) is 0 Å². The molecule has 2 aromatic rings. The molecule has 0 heterocycles. The van der Waals surface area contributed by atoms with E-state index in [0.29, 0.717) is 5.92 Å². The predicted octanol–water partition coefficient (Wildman–Crippen LogP) is 3.57. The molecule has 1 aliphatic rings. The molecule has 0 spiro atoms. The number of fused-ring (bicyclic) bond motifs is 1. The van der Waals surface area contributed by atoms with Crippen molar-refractivity contribution in [3.8, 4) is 0 Å². The van der Waals surface area contributed by atoms with Gasteiger partial charge in [-0.05, 0) is 53.9 Å². The van der Waals surface area contributed by atoms with Gasteiger partial charge in [-0.25, -0.2) is 0 Å². The zero-order valence-electron chi connectivity index (χ0n) is 12.0. The summed E-state index contributed by atoms with van der Waals surface area (Å²) in [5, 5.41) is 10.5. The molecule has 1 heteroatoms. The molecule has 3 rings (SSSR count). The lowest BCUT2D eigenvalue weighted by Crippen LogP contribution is -2.23. The van der Waals surface area contributed by atoms with E-state index in [1.165, 1.54) is 22.3 Å². The molecule has 1 unspecified atom stereocenters. The van der Waals surface area contributed by atoms with Crippen molar-refractivity contribution < 1.29 is 5.11 Å². The Kier molecular flexibility index (Phi) is 3.88. The van der Waals surface area contributed by atoms with Crippen LogP contribution in [0.25, 0.3) is 0 Å². The third-order valence-corrected chi connectivity index (χ3v) is 4.50. The first-order chi connectivity index (χ1) is 9.76. The summed E-state index contributed by atoms with van der Waals surface area (Å²) in [6.45, 7) is 2.17. The number of benzene rings is 2. The van der Waals surface area contributed by atoms with Crippen LogP contribution < -0.4 is 0 Å². The van der Waals surface area contributed by atoms with Gasteiger partial charge in [0.2, 0.25) is 0 Å². The number of hydrogen-bond donors (Lipinski definition) is 1. The van der Waals surface area contributed by atoms with Crippen molar-refractivity contribution in [1.82, 2.24) is 0 Å². The summed E-state index contributed by atoms with van der Waals surface area (Å²) < 4.78 is 0. The molecular formula is C19H22O. The average molecular weight is 266 g/mol. The molecule has 1 N–H and O–H groups in total. The van der Waals surface area contributed by atoms with Gasteiger partial charge in [-0.15, -0.1) is 0 Å². The fourth-order valence-electron chi connectivity index (χ4n) is 3.18. The standard InChI is InChI=1S/C19H22O/c1-2-14-7-9-15(10-8-14)11-19(20)18-12-16-5-3-4-6-17(16)13-18/h3-10,18-20H,2,11-13H2,1H3. The van der Waals surface area contributed by atoms with Gasteiger partial charge < -0.3 is 5.11 Å². The summed E-state index contributed by atoms with van der Waals surface area (Å²) in [5.74, 6) is 0.373. The zero-order valence-corrected chi connectivity index (χ0v) is 12.0. The van der Waals surface area contributed by atoms with Crippen LogP contribution in [0.15, 0.2) is 48.5 Å². The average Bonchev–Trinajstić information content (AvgIpc) is 2.92. The summed E-state index contributed by atoms with van der Waals surface area (Å²) in [4.78, 5) is 0. The van der Waals surface area contributed by atoms with Gasteiger partial charge in [0.25, 0.3) is 0 Å². The van der Waals surface area contributed by atoms with E-state index in [2.05, 4.69) is 55.5 Å². The molecule has 0 fully saturated rings. The van der Waals surface area contributed by atoms with E-state index in [1.54, 1.807) is 0 Å². The highest BCUT2D eigenvalue weighted by molar-refractivity contribution is 5.33. The molecule has 20 heavy (non-hydrogen) atoms. The number of aliphatic hydroxyl groups excluding tert-OH is 1. The van der Waals surface area contributed by atoms with Gasteiger partial charge >= 0.3 is 0 Å². The van der Waals surface area contributed by atoms with Crippen LogP contribution in [0.2, 0.25) is 0 Å². The molecule has 0 amide bonds. The Labute approximate surface area is 121 Å². The fourth-order valence-corrected chi connectivity index (χ4v) is 3.18. The Morgan fingerprint density at radius 1 is 0.950 bits per heavy atom. The Morgan fingerprint density at radius 3 is 2.05 bits per heavy atom. The van der Waals surface area contributed by atoms with Crippen molar-refractivity contribution in [3.63, 3.8) is 0 Å². The Balaban J connectivity index is 1.64. The van der Waals surface area contributed by atoms with Crippen molar-refractivity contribution >= 4 is 0 Å². The van der Waals surface area contributed by atoms with E-state index in [0.717, 1.165) is 25.7 Å². The maximum Gasteiger partial charge on any atom is 0.0615 e. The maximum atomic E-state index is 10.5. The predicted molar refractivity (Wildman–Crippen MR) is 82.9 cm³/mol. The van der Waals surface area contributed by atoms with Crippen LogP contribution in [0.1, 0.15) is 29.2 Å². The van der Waals surface area contributed by atoms with Crippen molar-refractivity contribution in [2.45, 2.75) is 38.7 Å². The second kappa shape index (κ2) is 5.80. The lowest BCUT2D eigenvalue weighted by Gasteiger charge is -2.18. The van der Waals surface area contributed by atoms with Gasteiger partial charge in [0.05, 0.1) is 6.10 Å². The highest BCUT2D eigenvalue weighted by atomic mass is 16.3. The molecule has 0 aromatic heterocycles. The van der Waals surface area contributed by atoms with E-state index >= 15 is 0 Å². The summed E-state index contributed by atoms with van der Waals surface area (Å²) in [6.07, 6.45) is 3.63. The van der Waals surface area contributed by atoms with Crippen molar-refractivity contribution in [3.05, 3.63) is 70.8 Å². The minimum atomic E-state index is -0.241. The quantitative estimate of drug-likeness (QED) is 0.897. The minimum absolute atomic E-state index is 0.241. The molecule has 104 valence electrons. The normalized spacial score (nSPS) is 16.1. The van der Waals surface area contributed by atoms with Gasteiger partial charge in [0.1, 0.15) is 0 Å². The van der Waals surface area contributed by atoms with Crippen molar-refractivity contribution in [2.75, 3.05) is 0 Å². The molecule has 0 radical (unpaired) electrons. The van der Waals surface area contributed by atoms with Crippen molar-refractivity contribution in [2.24, 2.45) is 5.92 Å². The number of aryl methyl sites for hydroxylation is 1.